The lowest BCUT2D eigenvalue weighted by atomic mass is 9.58. The Hall–Kier alpha value is -0.300. The summed E-state index contributed by atoms with van der Waals surface area (Å²) in [5.74, 6) is 0. The van der Waals surface area contributed by atoms with Gasteiger partial charge in [-0.3, -0.25) is 0 Å². The van der Waals surface area contributed by atoms with E-state index in [2.05, 4.69) is 34.1 Å². The summed E-state index contributed by atoms with van der Waals surface area (Å²) in [6.45, 7) is 0. The normalized spacial score (nSPS) is 22.9. The molecule has 1 aromatic rings. The van der Waals surface area contributed by atoms with Gasteiger partial charge >= 0.3 is 0 Å². The third kappa shape index (κ3) is 1.18. The Kier molecular flexibility index (Phi) is 1.98. The largest absolute Gasteiger partial charge is 0.0571 e. The summed E-state index contributed by atoms with van der Waals surface area (Å²) in [5, 5.41) is 0. The summed E-state index contributed by atoms with van der Waals surface area (Å²) in [7, 11) is 0. The number of halogens is 1. The fraction of sp³-hybridized carbons (Fsp3) is 0.538. The minimum absolute atomic E-state index is 0.605. The standard InChI is InChI=1S/C13H15Br/c14-11-4-5-12-10(9-11)3-1-6-13(12)7-2-8-13/h4-5,9H,1-3,6-8H2. The molecule has 74 valence electrons. The van der Waals surface area contributed by atoms with Gasteiger partial charge < -0.3 is 0 Å². The quantitative estimate of drug-likeness (QED) is 0.648. The van der Waals surface area contributed by atoms with Crippen LogP contribution in [0.4, 0.5) is 0 Å². The van der Waals surface area contributed by atoms with Crippen LogP contribution in [0.1, 0.15) is 43.2 Å². The van der Waals surface area contributed by atoms with Crippen molar-refractivity contribution in [3.63, 3.8) is 0 Å². The smallest absolute Gasteiger partial charge is 0.0178 e. The molecular formula is C13H15Br. The lowest BCUT2D eigenvalue weighted by molar-refractivity contribution is 0.209. The van der Waals surface area contributed by atoms with Crippen LogP contribution in [0.5, 0.6) is 0 Å². The maximum Gasteiger partial charge on any atom is 0.0178 e. The maximum absolute atomic E-state index is 3.57. The van der Waals surface area contributed by atoms with Gasteiger partial charge in [0, 0.05) is 4.47 Å². The van der Waals surface area contributed by atoms with E-state index in [0.29, 0.717) is 5.41 Å². The highest BCUT2D eigenvalue weighted by atomic mass is 79.9. The second-order valence-electron chi connectivity index (χ2n) is 4.79. The summed E-state index contributed by atoms with van der Waals surface area (Å²) in [6, 6.07) is 6.90. The zero-order chi connectivity index (χ0) is 9.60. The van der Waals surface area contributed by atoms with Crippen molar-refractivity contribution in [1.29, 1.82) is 0 Å². The van der Waals surface area contributed by atoms with Crippen molar-refractivity contribution in [3.8, 4) is 0 Å². The summed E-state index contributed by atoms with van der Waals surface area (Å²) < 4.78 is 1.24. The van der Waals surface area contributed by atoms with Crippen LogP contribution in [0.3, 0.4) is 0 Å². The molecule has 3 rings (SSSR count). The Balaban J connectivity index is 2.10. The van der Waals surface area contributed by atoms with Gasteiger partial charge in [0.1, 0.15) is 0 Å². The molecule has 0 aromatic heterocycles. The first-order chi connectivity index (χ1) is 6.80. The Morgan fingerprint density at radius 3 is 2.57 bits per heavy atom. The van der Waals surface area contributed by atoms with E-state index in [0.717, 1.165) is 0 Å². The van der Waals surface area contributed by atoms with Gasteiger partial charge in [0.05, 0.1) is 0 Å². The first kappa shape index (κ1) is 8.96. The molecule has 2 aliphatic rings. The minimum atomic E-state index is 0.605. The van der Waals surface area contributed by atoms with Gasteiger partial charge in [0.15, 0.2) is 0 Å². The molecule has 1 saturated carbocycles. The van der Waals surface area contributed by atoms with Gasteiger partial charge in [-0.05, 0) is 60.8 Å². The molecule has 0 unspecified atom stereocenters. The van der Waals surface area contributed by atoms with Crippen LogP contribution in [-0.4, -0.2) is 0 Å². The zero-order valence-corrected chi connectivity index (χ0v) is 9.94. The SMILES string of the molecule is Brc1ccc2c(c1)CCCC21CCC1. The maximum atomic E-state index is 3.57. The van der Waals surface area contributed by atoms with E-state index in [-0.39, 0.29) is 0 Å². The third-order valence-electron chi connectivity index (χ3n) is 4.05. The lowest BCUT2D eigenvalue weighted by Gasteiger charge is -2.46. The number of hydrogen-bond acceptors (Lipinski definition) is 0. The molecule has 0 saturated heterocycles. The minimum Gasteiger partial charge on any atom is -0.0571 e. The van der Waals surface area contributed by atoms with Gasteiger partial charge in [-0.15, -0.1) is 0 Å². The van der Waals surface area contributed by atoms with Crippen molar-refractivity contribution in [2.75, 3.05) is 0 Å². The van der Waals surface area contributed by atoms with Gasteiger partial charge in [-0.25, -0.2) is 0 Å². The lowest BCUT2D eigenvalue weighted by Crippen LogP contribution is -2.37. The summed E-state index contributed by atoms with van der Waals surface area (Å²) in [6.07, 6.45) is 8.42. The number of rotatable bonds is 0. The van der Waals surface area contributed by atoms with Gasteiger partial charge in [-0.2, -0.15) is 0 Å². The zero-order valence-electron chi connectivity index (χ0n) is 8.35. The molecule has 0 bridgehead atoms. The van der Waals surface area contributed by atoms with Crippen molar-refractivity contribution in [3.05, 3.63) is 33.8 Å². The summed E-state index contributed by atoms with van der Waals surface area (Å²) in [5.41, 5.74) is 3.87. The van der Waals surface area contributed by atoms with Crippen molar-refractivity contribution >= 4 is 15.9 Å². The summed E-state index contributed by atoms with van der Waals surface area (Å²) >= 11 is 3.57. The van der Waals surface area contributed by atoms with Crippen LogP contribution in [0.2, 0.25) is 0 Å². The first-order valence-electron chi connectivity index (χ1n) is 5.59. The van der Waals surface area contributed by atoms with Gasteiger partial charge in [0.25, 0.3) is 0 Å². The van der Waals surface area contributed by atoms with Crippen molar-refractivity contribution < 1.29 is 0 Å². The Morgan fingerprint density at radius 2 is 1.86 bits per heavy atom. The van der Waals surface area contributed by atoms with E-state index in [1.54, 1.807) is 11.1 Å². The van der Waals surface area contributed by atoms with E-state index in [4.69, 9.17) is 0 Å². The fourth-order valence-electron chi connectivity index (χ4n) is 3.16. The average Bonchev–Trinajstić information content (AvgIpc) is 2.13. The molecule has 14 heavy (non-hydrogen) atoms. The topological polar surface area (TPSA) is 0 Å². The van der Waals surface area contributed by atoms with Crippen molar-refractivity contribution in [2.24, 2.45) is 0 Å². The highest BCUT2D eigenvalue weighted by Gasteiger charge is 2.41. The molecule has 0 heterocycles. The predicted molar refractivity (Wildman–Crippen MR) is 62.6 cm³/mol. The molecule has 1 heteroatoms. The molecule has 0 amide bonds. The molecule has 0 atom stereocenters. The molecule has 1 fully saturated rings. The highest BCUT2D eigenvalue weighted by Crippen LogP contribution is 2.51. The molecule has 2 aliphatic carbocycles. The molecular weight excluding hydrogens is 236 g/mol. The average molecular weight is 251 g/mol. The third-order valence-corrected chi connectivity index (χ3v) is 4.54. The molecule has 0 nitrogen and oxygen atoms in total. The number of fused-ring (bicyclic) bond motifs is 2. The monoisotopic (exact) mass is 250 g/mol. The van der Waals surface area contributed by atoms with E-state index in [1.165, 1.54) is 43.0 Å². The molecule has 1 aromatic carbocycles. The van der Waals surface area contributed by atoms with Crippen LogP contribution in [0, 0.1) is 0 Å². The van der Waals surface area contributed by atoms with Crippen LogP contribution in [0.25, 0.3) is 0 Å². The van der Waals surface area contributed by atoms with E-state index < -0.39 is 0 Å². The molecule has 1 spiro atoms. The predicted octanol–water partition coefficient (Wildman–Crippen LogP) is 4.21. The van der Waals surface area contributed by atoms with Crippen LogP contribution in [-0.2, 0) is 11.8 Å². The number of aryl methyl sites for hydroxylation is 1. The Morgan fingerprint density at radius 1 is 1.07 bits per heavy atom. The van der Waals surface area contributed by atoms with E-state index in [9.17, 15) is 0 Å². The first-order valence-corrected chi connectivity index (χ1v) is 6.38. The van der Waals surface area contributed by atoms with Gasteiger partial charge in [0.2, 0.25) is 0 Å². The second-order valence-corrected chi connectivity index (χ2v) is 5.70. The summed E-state index contributed by atoms with van der Waals surface area (Å²) in [4.78, 5) is 0. The Bertz CT molecular complexity index is 363. The highest BCUT2D eigenvalue weighted by molar-refractivity contribution is 9.10. The van der Waals surface area contributed by atoms with Gasteiger partial charge in [-0.1, -0.05) is 28.4 Å². The second kappa shape index (κ2) is 3.10. The molecule has 0 N–H and O–H groups in total. The number of benzene rings is 1. The van der Waals surface area contributed by atoms with Crippen molar-refractivity contribution in [2.45, 2.75) is 43.9 Å². The van der Waals surface area contributed by atoms with Crippen molar-refractivity contribution in [1.82, 2.24) is 0 Å². The van der Waals surface area contributed by atoms with Crippen LogP contribution < -0.4 is 0 Å². The van der Waals surface area contributed by atoms with Crippen LogP contribution >= 0.6 is 15.9 Å². The van der Waals surface area contributed by atoms with E-state index >= 15 is 0 Å². The molecule has 0 radical (unpaired) electrons. The van der Waals surface area contributed by atoms with E-state index in [1.807, 2.05) is 0 Å². The number of hydrogen-bond donors (Lipinski definition) is 0. The van der Waals surface area contributed by atoms with Crippen LogP contribution in [0.15, 0.2) is 22.7 Å². The molecule has 0 aliphatic heterocycles. The fourth-order valence-corrected chi connectivity index (χ4v) is 3.57. The Labute approximate surface area is 93.8 Å².